The fourth-order valence-corrected chi connectivity index (χ4v) is 3.03. The van der Waals surface area contributed by atoms with E-state index >= 15 is 0 Å². The fraction of sp³-hybridized carbons (Fsp3) is 0.250. The minimum absolute atomic E-state index is 0.131. The Balaban J connectivity index is 2.28. The molecular formula is C16H13F6NOS. The van der Waals surface area contributed by atoms with Gasteiger partial charge in [-0.1, -0.05) is 29.8 Å². The Morgan fingerprint density at radius 1 is 0.880 bits per heavy atom. The first-order valence-corrected chi connectivity index (χ1v) is 8.12. The molecule has 0 radical (unpaired) electrons. The van der Waals surface area contributed by atoms with Gasteiger partial charge >= 0.3 is 12.4 Å². The number of rotatable bonds is 4. The smallest absolute Gasteiger partial charge is 0.237 e. The van der Waals surface area contributed by atoms with Gasteiger partial charge in [-0.05, 0) is 36.8 Å². The molecule has 0 aliphatic rings. The molecule has 0 unspecified atom stereocenters. The molecule has 2 aromatic carbocycles. The fourth-order valence-electron chi connectivity index (χ4n) is 2.03. The van der Waals surface area contributed by atoms with Crippen molar-refractivity contribution in [3.05, 3.63) is 65.2 Å². The SMILES string of the molecule is Cc1ccc([S@](=O)N[C@H](c2ccc(C(F)(F)F)cc2)C(F)(F)F)cc1. The Morgan fingerprint density at radius 3 is 1.84 bits per heavy atom. The van der Waals surface area contributed by atoms with Crippen LogP contribution in [0, 0.1) is 6.92 Å². The zero-order chi connectivity index (χ0) is 18.8. The molecule has 0 saturated carbocycles. The second-order valence-corrected chi connectivity index (χ2v) is 6.54. The van der Waals surface area contributed by atoms with Gasteiger partial charge in [0, 0.05) is 0 Å². The van der Waals surface area contributed by atoms with Crippen molar-refractivity contribution in [2.24, 2.45) is 0 Å². The molecule has 0 amide bonds. The van der Waals surface area contributed by atoms with E-state index in [2.05, 4.69) is 0 Å². The van der Waals surface area contributed by atoms with E-state index in [4.69, 9.17) is 0 Å². The van der Waals surface area contributed by atoms with Gasteiger partial charge in [0.05, 0.1) is 10.5 Å². The van der Waals surface area contributed by atoms with Gasteiger partial charge < -0.3 is 0 Å². The minimum Gasteiger partial charge on any atom is -0.237 e. The van der Waals surface area contributed by atoms with Crippen LogP contribution in [0.1, 0.15) is 22.7 Å². The molecule has 2 aromatic rings. The van der Waals surface area contributed by atoms with Crippen LogP contribution in [0.15, 0.2) is 53.4 Å². The van der Waals surface area contributed by atoms with E-state index in [9.17, 15) is 30.6 Å². The van der Waals surface area contributed by atoms with Gasteiger partial charge in [0.1, 0.15) is 17.0 Å². The molecule has 9 heteroatoms. The van der Waals surface area contributed by atoms with Crippen LogP contribution in [0.5, 0.6) is 0 Å². The lowest BCUT2D eigenvalue weighted by Gasteiger charge is -2.22. The first-order chi connectivity index (χ1) is 11.5. The summed E-state index contributed by atoms with van der Waals surface area (Å²) in [6, 6.07) is 6.22. The molecule has 0 saturated heterocycles. The molecule has 2 atom stereocenters. The van der Waals surface area contributed by atoms with Crippen LogP contribution in [0.3, 0.4) is 0 Å². The van der Waals surface area contributed by atoms with Crippen LogP contribution < -0.4 is 4.72 Å². The van der Waals surface area contributed by atoms with Crippen LogP contribution in [-0.4, -0.2) is 10.4 Å². The molecule has 0 heterocycles. The summed E-state index contributed by atoms with van der Waals surface area (Å²) < 4.78 is 91.4. The number of aryl methyl sites for hydroxylation is 1. The summed E-state index contributed by atoms with van der Waals surface area (Å²) in [4.78, 5) is 0.131. The van der Waals surface area contributed by atoms with E-state index < -0.39 is 40.5 Å². The van der Waals surface area contributed by atoms with E-state index in [-0.39, 0.29) is 4.90 Å². The molecule has 1 N–H and O–H groups in total. The van der Waals surface area contributed by atoms with E-state index in [0.717, 1.165) is 17.7 Å². The third-order valence-electron chi connectivity index (χ3n) is 3.36. The molecule has 0 aliphatic heterocycles. The van der Waals surface area contributed by atoms with Gasteiger partial charge in [-0.2, -0.15) is 26.3 Å². The summed E-state index contributed by atoms with van der Waals surface area (Å²) in [5.41, 5.74) is -0.673. The van der Waals surface area contributed by atoms with Crippen LogP contribution >= 0.6 is 0 Å². The summed E-state index contributed by atoms with van der Waals surface area (Å²) in [5.74, 6) is 0. The number of benzene rings is 2. The molecule has 0 bridgehead atoms. The molecule has 0 aliphatic carbocycles. The second kappa shape index (κ2) is 7.17. The Morgan fingerprint density at radius 2 is 1.40 bits per heavy atom. The maximum absolute atomic E-state index is 13.3. The topological polar surface area (TPSA) is 29.1 Å². The van der Waals surface area contributed by atoms with E-state index in [1.165, 1.54) is 12.1 Å². The highest BCUT2D eigenvalue weighted by Crippen LogP contribution is 2.35. The normalized spacial score (nSPS) is 15.0. The maximum Gasteiger partial charge on any atom is 0.416 e. The van der Waals surface area contributed by atoms with Crippen molar-refractivity contribution in [1.29, 1.82) is 0 Å². The van der Waals surface area contributed by atoms with Crippen molar-refractivity contribution < 1.29 is 30.6 Å². The predicted octanol–water partition coefficient (Wildman–Crippen LogP) is 4.93. The Bertz CT molecular complexity index is 737. The molecule has 25 heavy (non-hydrogen) atoms. The monoisotopic (exact) mass is 381 g/mol. The number of hydrogen-bond donors (Lipinski definition) is 1. The average molecular weight is 381 g/mol. The molecule has 2 rings (SSSR count). The Hall–Kier alpha value is -1.87. The van der Waals surface area contributed by atoms with Gasteiger partial charge in [-0.15, -0.1) is 0 Å². The highest BCUT2D eigenvalue weighted by Gasteiger charge is 2.42. The molecule has 2 nitrogen and oxygen atoms in total. The van der Waals surface area contributed by atoms with Crippen LogP contribution in [0.25, 0.3) is 0 Å². The van der Waals surface area contributed by atoms with Gasteiger partial charge in [0.15, 0.2) is 0 Å². The van der Waals surface area contributed by atoms with E-state index in [1.807, 2.05) is 4.72 Å². The van der Waals surface area contributed by atoms with Gasteiger partial charge in [-0.25, -0.2) is 8.93 Å². The van der Waals surface area contributed by atoms with E-state index in [1.54, 1.807) is 19.1 Å². The van der Waals surface area contributed by atoms with Crippen molar-refractivity contribution in [3.63, 3.8) is 0 Å². The number of halogens is 6. The number of hydrogen-bond acceptors (Lipinski definition) is 1. The highest BCUT2D eigenvalue weighted by atomic mass is 32.2. The van der Waals surface area contributed by atoms with Gasteiger partial charge in [0.2, 0.25) is 0 Å². The van der Waals surface area contributed by atoms with E-state index in [0.29, 0.717) is 12.1 Å². The number of nitrogens with one attached hydrogen (secondary N) is 1. The predicted molar refractivity (Wildman–Crippen MR) is 81.0 cm³/mol. The lowest BCUT2D eigenvalue weighted by molar-refractivity contribution is -0.152. The molecule has 136 valence electrons. The zero-order valence-electron chi connectivity index (χ0n) is 12.8. The van der Waals surface area contributed by atoms with Gasteiger partial charge in [0.25, 0.3) is 0 Å². The van der Waals surface area contributed by atoms with Crippen LogP contribution in [-0.2, 0) is 17.2 Å². The third kappa shape index (κ3) is 5.05. The van der Waals surface area contributed by atoms with Crippen LogP contribution in [0.4, 0.5) is 26.3 Å². The van der Waals surface area contributed by atoms with Crippen LogP contribution in [0.2, 0.25) is 0 Å². The van der Waals surface area contributed by atoms with Crippen molar-refractivity contribution >= 4 is 11.0 Å². The maximum atomic E-state index is 13.3. The van der Waals surface area contributed by atoms with Crippen molar-refractivity contribution in [2.75, 3.05) is 0 Å². The first-order valence-electron chi connectivity index (χ1n) is 6.97. The summed E-state index contributed by atoms with van der Waals surface area (Å²) in [6.07, 6.45) is -9.48. The summed E-state index contributed by atoms with van der Waals surface area (Å²) in [5, 5.41) is 0. The standard InChI is InChI=1S/C16H13F6NOS/c1-10-2-8-13(9-3-10)25(24)23-14(16(20,21)22)11-4-6-12(7-5-11)15(17,18)19/h2-9,14,23H,1H3/t14-,25+/m1/s1. The quantitative estimate of drug-likeness (QED) is 0.748. The largest absolute Gasteiger partial charge is 0.416 e. The lowest BCUT2D eigenvalue weighted by Crippen LogP contribution is -2.35. The first kappa shape index (κ1) is 19.5. The zero-order valence-corrected chi connectivity index (χ0v) is 13.6. The van der Waals surface area contributed by atoms with Crippen molar-refractivity contribution in [1.82, 2.24) is 4.72 Å². The summed E-state index contributed by atoms with van der Waals surface area (Å²) in [7, 11) is -2.18. The third-order valence-corrected chi connectivity index (χ3v) is 4.51. The molecule has 0 spiro atoms. The summed E-state index contributed by atoms with van der Waals surface area (Å²) in [6.45, 7) is 1.76. The number of alkyl halides is 6. The lowest BCUT2D eigenvalue weighted by atomic mass is 10.1. The average Bonchev–Trinajstić information content (AvgIpc) is 2.51. The second-order valence-electron chi connectivity index (χ2n) is 5.29. The summed E-state index contributed by atoms with van der Waals surface area (Å²) >= 11 is 0. The minimum atomic E-state index is -4.83. The molecule has 0 fully saturated rings. The van der Waals surface area contributed by atoms with Crippen molar-refractivity contribution in [2.45, 2.75) is 30.2 Å². The van der Waals surface area contributed by atoms with Crippen molar-refractivity contribution in [3.8, 4) is 0 Å². The molecule has 0 aromatic heterocycles. The van der Waals surface area contributed by atoms with Gasteiger partial charge in [-0.3, -0.25) is 0 Å². The highest BCUT2D eigenvalue weighted by molar-refractivity contribution is 7.83. The Kier molecular flexibility index (Phi) is 5.58. The molecular weight excluding hydrogens is 368 g/mol. The Labute approximate surface area is 142 Å².